The van der Waals surface area contributed by atoms with E-state index in [0.29, 0.717) is 12.1 Å². The summed E-state index contributed by atoms with van der Waals surface area (Å²) in [5.74, 6) is 1.58. The Balaban J connectivity index is 2.46. The van der Waals surface area contributed by atoms with Crippen molar-refractivity contribution in [2.24, 2.45) is 12.8 Å². The van der Waals surface area contributed by atoms with Crippen LogP contribution in [0.25, 0.3) is 0 Å². The maximum Gasteiger partial charge on any atom is 0.255 e. The van der Waals surface area contributed by atoms with Crippen LogP contribution in [0.5, 0.6) is 0 Å². The highest BCUT2D eigenvalue weighted by atomic mass is 16.1. The molecule has 2 rings (SSSR count). The summed E-state index contributed by atoms with van der Waals surface area (Å²) in [4.78, 5) is 12.2. The lowest BCUT2D eigenvalue weighted by Crippen LogP contribution is -2.28. The maximum atomic E-state index is 12.2. The maximum absolute atomic E-state index is 12.2. The van der Waals surface area contributed by atoms with E-state index in [1.54, 1.807) is 10.6 Å². The van der Waals surface area contributed by atoms with Gasteiger partial charge in [-0.15, -0.1) is 10.2 Å². The van der Waals surface area contributed by atoms with Crippen molar-refractivity contribution in [3.8, 4) is 0 Å². The van der Waals surface area contributed by atoms with E-state index in [1.807, 2.05) is 31.5 Å². The Morgan fingerprint density at radius 2 is 2.00 bits per heavy atom. The van der Waals surface area contributed by atoms with Crippen LogP contribution in [0, 0.1) is 13.8 Å². The fourth-order valence-electron chi connectivity index (χ4n) is 1.80. The molecule has 6 heteroatoms. The predicted molar refractivity (Wildman–Crippen MR) is 68.2 cm³/mol. The highest BCUT2D eigenvalue weighted by molar-refractivity contribution is 5.16. The predicted octanol–water partition coefficient (Wildman–Crippen LogP) is 0.101. The van der Waals surface area contributed by atoms with Gasteiger partial charge >= 0.3 is 0 Å². The number of hydrogen-bond acceptors (Lipinski definition) is 4. The zero-order chi connectivity index (χ0) is 13.3. The minimum Gasteiger partial charge on any atom is -0.326 e. The molecular formula is C12H17N5O. The molecule has 0 saturated carbocycles. The second-order valence-corrected chi connectivity index (χ2v) is 4.32. The normalized spacial score (nSPS) is 10.9. The third kappa shape index (κ3) is 2.06. The average Bonchev–Trinajstić information content (AvgIpc) is 2.66. The van der Waals surface area contributed by atoms with Crippen LogP contribution < -0.4 is 11.3 Å². The largest absolute Gasteiger partial charge is 0.326 e. The smallest absolute Gasteiger partial charge is 0.255 e. The number of aromatic nitrogens is 4. The molecule has 18 heavy (non-hydrogen) atoms. The Morgan fingerprint density at radius 1 is 1.28 bits per heavy atom. The van der Waals surface area contributed by atoms with Crippen LogP contribution in [0.2, 0.25) is 0 Å². The molecule has 0 amide bonds. The van der Waals surface area contributed by atoms with E-state index in [0.717, 1.165) is 17.3 Å². The number of nitrogens with two attached hydrogens (primary N) is 1. The third-order valence-corrected chi connectivity index (χ3v) is 3.17. The Labute approximate surface area is 105 Å². The molecule has 0 aliphatic rings. The fourth-order valence-corrected chi connectivity index (χ4v) is 1.80. The van der Waals surface area contributed by atoms with Gasteiger partial charge in [-0.2, -0.15) is 0 Å². The molecule has 2 N–H and O–H groups in total. The van der Waals surface area contributed by atoms with E-state index < -0.39 is 0 Å². The Kier molecular flexibility index (Phi) is 3.29. The van der Waals surface area contributed by atoms with Gasteiger partial charge in [-0.25, -0.2) is 0 Å². The molecule has 0 saturated heterocycles. The minimum absolute atomic E-state index is 0.0573. The van der Waals surface area contributed by atoms with Crippen LogP contribution in [0.3, 0.4) is 0 Å². The molecule has 0 aliphatic heterocycles. The Morgan fingerprint density at radius 3 is 2.56 bits per heavy atom. The molecule has 0 aliphatic carbocycles. The van der Waals surface area contributed by atoms with Gasteiger partial charge in [-0.3, -0.25) is 4.79 Å². The SMILES string of the molecule is Cc1nnc(Cn2c(C)ccc(CN)c2=O)n1C. The van der Waals surface area contributed by atoms with E-state index >= 15 is 0 Å². The van der Waals surface area contributed by atoms with Gasteiger partial charge in [0.25, 0.3) is 5.56 Å². The van der Waals surface area contributed by atoms with Crippen molar-refractivity contribution in [1.29, 1.82) is 0 Å². The van der Waals surface area contributed by atoms with E-state index in [-0.39, 0.29) is 12.1 Å². The van der Waals surface area contributed by atoms with Crippen molar-refractivity contribution in [2.75, 3.05) is 0 Å². The Bertz CT molecular complexity index is 626. The van der Waals surface area contributed by atoms with Crippen molar-refractivity contribution in [2.45, 2.75) is 26.9 Å². The van der Waals surface area contributed by atoms with Gasteiger partial charge in [0.2, 0.25) is 0 Å². The van der Waals surface area contributed by atoms with Gasteiger partial charge in [-0.05, 0) is 19.9 Å². The van der Waals surface area contributed by atoms with Gasteiger partial charge < -0.3 is 14.9 Å². The van der Waals surface area contributed by atoms with Gasteiger partial charge in [-0.1, -0.05) is 6.07 Å². The number of rotatable bonds is 3. The summed E-state index contributed by atoms with van der Waals surface area (Å²) < 4.78 is 3.55. The first-order valence-corrected chi connectivity index (χ1v) is 5.79. The molecule has 0 fully saturated rings. The standard InChI is InChI=1S/C12H17N5O/c1-8-4-5-10(6-13)12(18)17(8)7-11-15-14-9(2)16(11)3/h4-5H,6-7,13H2,1-3H3. The van der Waals surface area contributed by atoms with E-state index in [2.05, 4.69) is 10.2 Å². The first-order chi connectivity index (χ1) is 8.54. The lowest BCUT2D eigenvalue weighted by Gasteiger charge is -2.11. The number of aryl methyl sites for hydroxylation is 2. The molecule has 0 atom stereocenters. The van der Waals surface area contributed by atoms with Gasteiger partial charge in [0.1, 0.15) is 5.82 Å². The highest BCUT2D eigenvalue weighted by Gasteiger charge is 2.10. The van der Waals surface area contributed by atoms with E-state index in [1.165, 1.54) is 0 Å². The topological polar surface area (TPSA) is 78.7 Å². The summed E-state index contributed by atoms with van der Waals surface area (Å²) in [6.45, 7) is 4.43. The van der Waals surface area contributed by atoms with Gasteiger partial charge in [0.05, 0.1) is 6.54 Å². The lowest BCUT2D eigenvalue weighted by atomic mass is 10.2. The average molecular weight is 247 g/mol. The molecule has 0 bridgehead atoms. The van der Waals surface area contributed by atoms with Crippen LogP contribution in [0.4, 0.5) is 0 Å². The van der Waals surface area contributed by atoms with E-state index in [4.69, 9.17) is 5.73 Å². The molecule has 0 unspecified atom stereocenters. The molecule has 0 radical (unpaired) electrons. The third-order valence-electron chi connectivity index (χ3n) is 3.17. The van der Waals surface area contributed by atoms with Crippen LogP contribution in [-0.4, -0.2) is 19.3 Å². The molecule has 6 nitrogen and oxygen atoms in total. The molecule has 0 spiro atoms. The summed E-state index contributed by atoms with van der Waals surface area (Å²) in [5, 5.41) is 8.06. The second-order valence-electron chi connectivity index (χ2n) is 4.32. The van der Waals surface area contributed by atoms with Crippen molar-refractivity contribution >= 4 is 0 Å². The summed E-state index contributed by atoms with van der Waals surface area (Å²) in [5.41, 5.74) is 6.99. The van der Waals surface area contributed by atoms with Crippen LogP contribution in [0.1, 0.15) is 22.9 Å². The number of hydrogen-bond donors (Lipinski definition) is 1. The number of nitrogens with zero attached hydrogens (tertiary/aromatic N) is 4. The van der Waals surface area contributed by atoms with Crippen LogP contribution >= 0.6 is 0 Å². The molecule has 96 valence electrons. The van der Waals surface area contributed by atoms with Gasteiger partial charge in [0, 0.05) is 24.8 Å². The summed E-state index contributed by atoms with van der Waals surface area (Å²) in [7, 11) is 1.89. The second kappa shape index (κ2) is 4.73. The van der Waals surface area contributed by atoms with Crippen LogP contribution in [0.15, 0.2) is 16.9 Å². The monoisotopic (exact) mass is 247 g/mol. The summed E-state index contributed by atoms with van der Waals surface area (Å²) in [6.07, 6.45) is 0. The van der Waals surface area contributed by atoms with Crippen molar-refractivity contribution in [3.05, 3.63) is 45.4 Å². The zero-order valence-corrected chi connectivity index (χ0v) is 10.8. The lowest BCUT2D eigenvalue weighted by molar-refractivity contribution is 0.649. The highest BCUT2D eigenvalue weighted by Crippen LogP contribution is 2.03. The molecule has 2 heterocycles. The minimum atomic E-state index is -0.0573. The van der Waals surface area contributed by atoms with Crippen molar-refractivity contribution in [3.63, 3.8) is 0 Å². The van der Waals surface area contributed by atoms with Gasteiger partial charge in [0.15, 0.2) is 5.82 Å². The zero-order valence-electron chi connectivity index (χ0n) is 10.8. The molecular weight excluding hydrogens is 230 g/mol. The molecule has 0 aromatic carbocycles. The Hall–Kier alpha value is -1.95. The fraction of sp³-hybridized carbons (Fsp3) is 0.417. The first-order valence-electron chi connectivity index (χ1n) is 5.79. The molecule has 2 aromatic heterocycles. The van der Waals surface area contributed by atoms with Crippen LogP contribution in [-0.2, 0) is 20.1 Å². The first kappa shape index (κ1) is 12.5. The summed E-state index contributed by atoms with van der Waals surface area (Å²) in [6, 6.07) is 3.67. The van der Waals surface area contributed by atoms with Crippen molar-refractivity contribution < 1.29 is 0 Å². The van der Waals surface area contributed by atoms with E-state index in [9.17, 15) is 4.79 Å². The number of pyridine rings is 1. The summed E-state index contributed by atoms with van der Waals surface area (Å²) >= 11 is 0. The van der Waals surface area contributed by atoms with Crippen molar-refractivity contribution in [1.82, 2.24) is 19.3 Å². The molecule has 2 aromatic rings. The quantitative estimate of drug-likeness (QED) is 0.834.